The number of methoxy groups -OCH3 is 1. The van der Waals surface area contributed by atoms with Crippen molar-refractivity contribution in [1.29, 1.82) is 0 Å². The van der Waals surface area contributed by atoms with E-state index in [0.29, 0.717) is 11.7 Å². The molecule has 10 nitrogen and oxygen atoms in total. The van der Waals surface area contributed by atoms with Gasteiger partial charge >= 0.3 is 11.4 Å². The van der Waals surface area contributed by atoms with Gasteiger partial charge in [0, 0.05) is 12.1 Å². The monoisotopic (exact) mass is 403 g/mol. The molecule has 0 unspecified atom stereocenters. The molecule has 10 heteroatoms. The molecule has 0 aliphatic rings. The number of hydrogen-bond acceptors (Lipinski definition) is 7. The SMILES string of the molecule is CC[C@H](C)c1ccc(OCC(=O)Nc2cc([N+](=O)[O-])c(OC)c([N+](=O)[O-])c2)cc1. The number of hydrogen-bond donors (Lipinski definition) is 1. The number of nitro groups is 2. The molecule has 0 radical (unpaired) electrons. The molecule has 0 bridgehead atoms. The predicted molar refractivity (Wildman–Crippen MR) is 106 cm³/mol. The highest BCUT2D eigenvalue weighted by molar-refractivity contribution is 5.93. The number of carbonyl (C=O) groups excluding carboxylic acids is 1. The highest BCUT2D eigenvalue weighted by atomic mass is 16.6. The molecule has 0 spiro atoms. The maximum atomic E-state index is 12.1. The van der Waals surface area contributed by atoms with E-state index in [0.717, 1.165) is 31.2 Å². The smallest absolute Gasteiger partial charge is 0.320 e. The minimum absolute atomic E-state index is 0.107. The van der Waals surface area contributed by atoms with Crippen LogP contribution in [0.4, 0.5) is 17.1 Å². The van der Waals surface area contributed by atoms with Crippen molar-refractivity contribution in [3.8, 4) is 11.5 Å². The lowest BCUT2D eigenvalue weighted by Crippen LogP contribution is -2.20. The summed E-state index contributed by atoms with van der Waals surface area (Å²) in [6.45, 7) is 3.83. The molecule has 0 heterocycles. The van der Waals surface area contributed by atoms with Crippen molar-refractivity contribution in [1.82, 2.24) is 0 Å². The van der Waals surface area contributed by atoms with Crippen LogP contribution in [-0.4, -0.2) is 29.5 Å². The molecule has 0 aliphatic carbocycles. The van der Waals surface area contributed by atoms with Gasteiger partial charge in [0.1, 0.15) is 5.75 Å². The first kappa shape index (κ1) is 21.6. The first-order valence-corrected chi connectivity index (χ1v) is 8.80. The second kappa shape index (κ2) is 9.49. The Bertz CT molecular complexity index is 878. The molecule has 2 aromatic carbocycles. The van der Waals surface area contributed by atoms with Crippen LogP contribution >= 0.6 is 0 Å². The van der Waals surface area contributed by atoms with Crippen molar-refractivity contribution < 1.29 is 24.1 Å². The molecule has 1 N–H and O–H groups in total. The van der Waals surface area contributed by atoms with E-state index >= 15 is 0 Å². The number of carbonyl (C=O) groups is 1. The van der Waals surface area contributed by atoms with Crippen LogP contribution in [0.3, 0.4) is 0 Å². The topological polar surface area (TPSA) is 134 Å². The van der Waals surface area contributed by atoms with E-state index in [-0.39, 0.29) is 12.3 Å². The van der Waals surface area contributed by atoms with E-state index in [1.165, 1.54) is 0 Å². The lowest BCUT2D eigenvalue weighted by Gasteiger charge is -2.11. The second-order valence-electron chi connectivity index (χ2n) is 6.28. The Morgan fingerprint density at radius 3 is 2.10 bits per heavy atom. The van der Waals surface area contributed by atoms with Crippen LogP contribution in [0.15, 0.2) is 36.4 Å². The van der Waals surface area contributed by atoms with Crippen LogP contribution < -0.4 is 14.8 Å². The summed E-state index contributed by atoms with van der Waals surface area (Å²) in [6, 6.07) is 9.31. The fraction of sp³-hybridized carbons (Fsp3) is 0.316. The summed E-state index contributed by atoms with van der Waals surface area (Å²) in [4.78, 5) is 32.8. The Labute approximate surface area is 166 Å². The van der Waals surface area contributed by atoms with Crippen LogP contribution in [0, 0.1) is 20.2 Å². The molecule has 0 aromatic heterocycles. The van der Waals surface area contributed by atoms with Crippen molar-refractivity contribution in [3.63, 3.8) is 0 Å². The number of nitrogens with zero attached hydrogens (tertiary/aromatic N) is 2. The first-order valence-electron chi connectivity index (χ1n) is 8.80. The van der Waals surface area contributed by atoms with Gasteiger partial charge in [-0.05, 0) is 30.0 Å². The van der Waals surface area contributed by atoms with Crippen molar-refractivity contribution in [2.24, 2.45) is 0 Å². The summed E-state index contributed by atoms with van der Waals surface area (Å²) in [5.74, 6) is -0.215. The average Bonchev–Trinajstić information content (AvgIpc) is 2.71. The van der Waals surface area contributed by atoms with Crippen LogP contribution in [0.5, 0.6) is 11.5 Å². The largest absolute Gasteiger partial charge is 0.485 e. The number of nitro benzene ring substituents is 2. The highest BCUT2D eigenvalue weighted by Gasteiger charge is 2.28. The van der Waals surface area contributed by atoms with E-state index < -0.39 is 32.9 Å². The molecule has 0 aliphatic heterocycles. The van der Waals surface area contributed by atoms with Gasteiger partial charge in [0.2, 0.25) is 0 Å². The molecule has 154 valence electrons. The maximum absolute atomic E-state index is 12.1. The molecule has 2 aromatic rings. The van der Waals surface area contributed by atoms with Gasteiger partial charge in [-0.2, -0.15) is 0 Å². The van der Waals surface area contributed by atoms with Gasteiger partial charge in [0.15, 0.2) is 6.61 Å². The number of amides is 1. The predicted octanol–water partition coefficient (Wildman–Crippen LogP) is 4.04. The molecule has 1 atom stereocenters. The quantitative estimate of drug-likeness (QED) is 0.493. The van der Waals surface area contributed by atoms with E-state index in [1.54, 1.807) is 12.1 Å². The molecule has 0 saturated heterocycles. The van der Waals surface area contributed by atoms with E-state index in [4.69, 9.17) is 9.47 Å². The second-order valence-corrected chi connectivity index (χ2v) is 6.28. The average molecular weight is 403 g/mol. The van der Waals surface area contributed by atoms with Gasteiger partial charge in [0.05, 0.1) is 22.6 Å². The van der Waals surface area contributed by atoms with Gasteiger partial charge in [-0.3, -0.25) is 25.0 Å². The van der Waals surface area contributed by atoms with Crippen molar-refractivity contribution in [2.75, 3.05) is 19.0 Å². The number of rotatable bonds is 9. The zero-order valence-electron chi connectivity index (χ0n) is 16.2. The summed E-state index contributed by atoms with van der Waals surface area (Å²) in [5, 5.41) is 24.7. The third kappa shape index (κ3) is 5.41. The zero-order chi connectivity index (χ0) is 21.6. The van der Waals surface area contributed by atoms with E-state index in [1.807, 2.05) is 12.1 Å². The molecule has 1 amide bonds. The van der Waals surface area contributed by atoms with E-state index in [9.17, 15) is 25.0 Å². The van der Waals surface area contributed by atoms with Crippen LogP contribution in [0.2, 0.25) is 0 Å². The zero-order valence-corrected chi connectivity index (χ0v) is 16.2. The van der Waals surface area contributed by atoms with Crippen molar-refractivity contribution in [2.45, 2.75) is 26.2 Å². The summed E-state index contributed by atoms with van der Waals surface area (Å²) in [6.07, 6.45) is 1.00. The minimum Gasteiger partial charge on any atom is -0.485 e. The van der Waals surface area contributed by atoms with Gasteiger partial charge in [-0.15, -0.1) is 0 Å². The van der Waals surface area contributed by atoms with Gasteiger partial charge in [-0.1, -0.05) is 26.0 Å². The summed E-state index contributed by atoms with van der Waals surface area (Å²) >= 11 is 0. The third-order valence-corrected chi connectivity index (χ3v) is 4.36. The summed E-state index contributed by atoms with van der Waals surface area (Å²) in [7, 11) is 1.09. The summed E-state index contributed by atoms with van der Waals surface area (Å²) < 4.78 is 10.2. The van der Waals surface area contributed by atoms with Crippen molar-refractivity contribution in [3.05, 3.63) is 62.2 Å². The Hall–Kier alpha value is -3.69. The number of nitrogens with one attached hydrogen (secondary N) is 1. The molecule has 2 rings (SSSR count). The van der Waals surface area contributed by atoms with Crippen LogP contribution in [-0.2, 0) is 4.79 Å². The molecular formula is C19H21N3O7. The Morgan fingerprint density at radius 1 is 1.10 bits per heavy atom. The van der Waals surface area contributed by atoms with Gasteiger partial charge < -0.3 is 14.8 Å². The number of anilines is 1. The van der Waals surface area contributed by atoms with Gasteiger partial charge in [-0.25, -0.2) is 0 Å². The Kier molecular flexibility index (Phi) is 7.07. The fourth-order valence-corrected chi connectivity index (χ4v) is 2.63. The summed E-state index contributed by atoms with van der Waals surface area (Å²) in [5.41, 5.74) is -0.204. The minimum atomic E-state index is -0.823. The highest BCUT2D eigenvalue weighted by Crippen LogP contribution is 2.39. The lowest BCUT2D eigenvalue weighted by atomic mass is 9.99. The van der Waals surface area contributed by atoms with E-state index in [2.05, 4.69) is 19.2 Å². The van der Waals surface area contributed by atoms with Crippen molar-refractivity contribution >= 4 is 23.0 Å². The molecule has 0 saturated carbocycles. The lowest BCUT2D eigenvalue weighted by molar-refractivity contribution is -0.395. The number of benzene rings is 2. The van der Waals surface area contributed by atoms with Crippen LogP contribution in [0.1, 0.15) is 31.7 Å². The molecular weight excluding hydrogens is 382 g/mol. The molecule has 29 heavy (non-hydrogen) atoms. The number of ether oxygens (including phenoxy) is 2. The fourth-order valence-electron chi connectivity index (χ4n) is 2.63. The Balaban J connectivity index is 2.10. The van der Waals surface area contributed by atoms with Crippen LogP contribution in [0.25, 0.3) is 0 Å². The maximum Gasteiger partial charge on any atom is 0.320 e. The Morgan fingerprint density at radius 2 is 1.66 bits per heavy atom. The standard InChI is InChI=1S/C19H21N3O7/c1-4-12(2)13-5-7-15(8-6-13)29-11-18(23)20-14-9-16(21(24)25)19(28-3)17(10-14)22(26)27/h5-10,12H,4,11H2,1-3H3,(H,20,23)/t12-/m0/s1. The van der Waals surface area contributed by atoms with Gasteiger partial charge in [0.25, 0.3) is 11.7 Å². The third-order valence-electron chi connectivity index (χ3n) is 4.36. The first-order chi connectivity index (χ1) is 13.8. The normalized spacial score (nSPS) is 11.4. The molecule has 0 fully saturated rings.